The molecule has 2 aromatic rings. The molecule has 0 aromatic heterocycles. The van der Waals surface area contributed by atoms with Gasteiger partial charge in [0, 0.05) is 38.0 Å². The van der Waals surface area contributed by atoms with Gasteiger partial charge in [-0.05, 0) is 35.7 Å². The summed E-state index contributed by atoms with van der Waals surface area (Å²) in [4.78, 5) is 24.1. The van der Waals surface area contributed by atoms with Crippen LogP contribution in [-0.2, 0) is 4.79 Å². The Labute approximate surface area is 159 Å². The van der Waals surface area contributed by atoms with Crippen LogP contribution in [0.2, 0.25) is 0 Å². The van der Waals surface area contributed by atoms with Crippen molar-refractivity contribution < 1.29 is 9.59 Å². The van der Waals surface area contributed by atoms with Crippen LogP contribution >= 0.6 is 0 Å². The molecular formula is C21H26N4O2. The van der Waals surface area contributed by atoms with Gasteiger partial charge in [0.25, 0.3) is 5.91 Å². The highest BCUT2D eigenvalue weighted by Crippen LogP contribution is 2.22. The summed E-state index contributed by atoms with van der Waals surface area (Å²) in [6.07, 6.45) is 0. The summed E-state index contributed by atoms with van der Waals surface area (Å²) in [5.74, 6) is 0.148. The molecule has 3 rings (SSSR count). The number of hydrogen-bond acceptors (Lipinski definition) is 4. The normalized spacial score (nSPS) is 15.3. The number of carbonyl (C=O) groups is 2. The van der Waals surface area contributed by atoms with Crippen LogP contribution in [0.4, 0.5) is 0 Å². The Hall–Kier alpha value is -2.70. The lowest BCUT2D eigenvalue weighted by atomic mass is 9.94. The van der Waals surface area contributed by atoms with Gasteiger partial charge in [-0.1, -0.05) is 36.4 Å². The topological polar surface area (TPSA) is 82.3 Å². The molecular weight excluding hydrogens is 340 g/mol. The number of carbonyl (C=O) groups excluding carboxylic acids is 2. The van der Waals surface area contributed by atoms with E-state index in [0.717, 1.165) is 24.2 Å². The minimum atomic E-state index is -0.286. The van der Waals surface area contributed by atoms with E-state index in [0.29, 0.717) is 18.0 Å². The second-order valence-electron chi connectivity index (χ2n) is 6.90. The lowest BCUT2D eigenvalue weighted by Gasteiger charge is -2.20. The molecule has 6 nitrogen and oxygen atoms in total. The molecule has 27 heavy (non-hydrogen) atoms. The van der Waals surface area contributed by atoms with Crippen LogP contribution in [0, 0.1) is 6.92 Å². The monoisotopic (exact) mass is 366 g/mol. The van der Waals surface area contributed by atoms with Crippen molar-refractivity contribution in [1.29, 1.82) is 0 Å². The molecule has 4 N–H and O–H groups in total. The first kappa shape index (κ1) is 19.1. The van der Waals surface area contributed by atoms with Crippen LogP contribution in [0.5, 0.6) is 0 Å². The van der Waals surface area contributed by atoms with Crippen LogP contribution in [0.1, 0.15) is 45.9 Å². The summed E-state index contributed by atoms with van der Waals surface area (Å²) < 4.78 is 0. The summed E-state index contributed by atoms with van der Waals surface area (Å²) >= 11 is 0. The fraction of sp³-hybridized carbons (Fsp3) is 0.333. The van der Waals surface area contributed by atoms with E-state index in [-0.39, 0.29) is 17.9 Å². The maximum absolute atomic E-state index is 12.8. The first-order valence-corrected chi connectivity index (χ1v) is 9.21. The fourth-order valence-electron chi connectivity index (χ4n) is 3.38. The third-order valence-electron chi connectivity index (χ3n) is 4.86. The summed E-state index contributed by atoms with van der Waals surface area (Å²) in [5.41, 5.74) is 10.2. The number of aryl methyl sites for hydroxylation is 1. The van der Waals surface area contributed by atoms with Crippen LogP contribution in [0.15, 0.2) is 48.5 Å². The number of benzene rings is 2. The minimum absolute atomic E-state index is 0.121. The van der Waals surface area contributed by atoms with Gasteiger partial charge in [0.05, 0.1) is 6.04 Å². The maximum atomic E-state index is 12.8. The third kappa shape index (κ3) is 4.93. The van der Waals surface area contributed by atoms with Crippen LogP contribution < -0.4 is 21.5 Å². The van der Waals surface area contributed by atoms with Crippen molar-refractivity contribution in [1.82, 2.24) is 21.5 Å². The van der Waals surface area contributed by atoms with Crippen molar-refractivity contribution in [3.63, 3.8) is 0 Å². The van der Waals surface area contributed by atoms with Crippen molar-refractivity contribution >= 4 is 11.8 Å². The first-order chi connectivity index (χ1) is 13.0. The van der Waals surface area contributed by atoms with Crippen molar-refractivity contribution in [3.05, 3.63) is 70.8 Å². The molecule has 2 aromatic carbocycles. The molecule has 6 heteroatoms. The number of hydrogen-bond donors (Lipinski definition) is 4. The van der Waals surface area contributed by atoms with E-state index in [2.05, 4.69) is 21.5 Å². The zero-order valence-corrected chi connectivity index (χ0v) is 15.7. The van der Waals surface area contributed by atoms with Crippen LogP contribution in [0.3, 0.4) is 0 Å². The second kappa shape index (κ2) is 8.79. The number of rotatable bonds is 6. The molecule has 0 saturated carbocycles. The summed E-state index contributed by atoms with van der Waals surface area (Å²) in [6, 6.07) is 15.2. The van der Waals surface area contributed by atoms with E-state index in [4.69, 9.17) is 0 Å². The molecule has 1 aliphatic heterocycles. The van der Waals surface area contributed by atoms with E-state index < -0.39 is 0 Å². The number of hydrazine groups is 1. The lowest BCUT2D eigenvalue weighted by molar-refractivity contribution is -0.119. The Balaban J connectivity index is 1.74. The van der Waals surface area contributed by atoms with E-state index in [1.54, 1.807) is 0 Å². The van der Waals surface area contributed by atoms with Gasteiger partial charge in [0.2, 0.25) is 5.91 Å². The molecule has 0 bridgehead atoms. The molecule has 142 valence electrons. The molecule has 0 unspecified atom stereocenters. The van der Waals surface area contributed by atoms with Gasteiger partial charge >= 0.3 is 0 Å². The van der Waals surface area contributed by atoms with Crippen molar-refractivity contribution in [2.45, 2.75) is 25.8 Å². The molecule has 1 fully saturated rings. The predicted molar refractivity (Wildman–Crippen MR) is 105 cm³/mol. The molecule has 0 spiro atoms. The van der Waals surface area contributed by atoms with Gasteiger partial charge in [0.1, 0.15) is 0 Å². The fourth-order valence-corrected chi connectivity index (χ4v) is 3.38. The average molecular weight is 366 g/mol. The van der Waals surface area contributed by atoms with E-state index in [1.165, 1.54) is 12.5 Å². The van der Waals surface area contributed by atoms with Gasteiger partial charge in [-0.25, -0.2) is 0 Å². The van der Waals surface area contributed by atoms with E-state index in [9.17, 15) is 9.59 Å². The molecule has 0 aliphatic carbocycles. The third-order valence-corrected chi connectivity index (χ3v) is 4.86. The average Bonchev–Trinajstić information content (AvgIpc) is 3.19. The smallest absolute Gasteiger partial charge is 0.251 e. The lowest BCUT2D eigenvalue weighted by Crippen LogP contribution is -2.37. The van der Waals surface area contributed by atoms with Gasteiger partial charge in [0.15, 0.2) is 0 Å². The Morgan fingerprint density at radius 3 is 2.44 bits per heavy atom. The minimum Gasteiger partial charge on any atom is -0.354 e. The van der Waals surface area contributed by atoms with E-state index >= 15 is 0 Å². The molecule has 1 saturated heterocycles. The summed E-state index contributed by atoms with van der Waals surface area (Å²) in [7, 11) is 0. The predicted octanol–water partition coefficient (Wildman–Crippen LogP) is 1.79. The number of nitrogens with one attached hydrogen (secondary N) is 4. The SMILES string of the molecule is CC(=O)NC[C@@H](NC(=O)c1ccc(C2CNNC2)c(C)c1)c1ccccc1. The quantitative estimate of drug-likeness (QED) is 0.628. The van der Waals surface area contributed by atoms with Gasteiger partial charge in [-0.15, -0.1) is 0 Å². The highest BCUT2D eigenvalue weighted by Gasteiger charge is 2.20. The van der Waals surface area contributed by atoms with Crippen molar-refractivity contribution in [3.8, 4) is 0 Å². The molecule has 2 amide bonds. The van der Waals surface area contributed by atoms with Crippen molar-refractivity contribution in [2.24, 2.45) is 0 Å². The Bertz CT molecular complexity index is 801. The first-order valence-electron chi connectivity index (χ1n) is 9.21. The molecule has 1 heterocycles. The van der Waals surface area contributed by atoms with Gasteiger partial charge in [-0.2, -0.15) is 0 Å². The zero-order chi connectivity index (χ0) is 19.2. The Morgan fingerprint density at radius 2 is 1.81 bits per heavy atom. The highest BCUT2D eigenvalue weighted by atomic mass is 16.2. The highest BCUT2D eigenvalue weighted by molar-refractivity contribution is 5.94. The molecule has 1 aliphatic rings. The second-order valence-corrected chi connectivity index (χ2v) is 6.90. The standard InChI is InChI=1S/C21H26N4O2/c1-14-10-17(8-9-19(14)18-11-23-24-12-18)21(27)25-20(13-22-15(2)26)16-6-4-3-5-7-16/h3-10,18,20,23-24H,11-13H2,1-2H3,(H,22,26)(H,25,27)/t20-/m1/s1. The summed E-state index contributed by atoms with van der Waals surface area (Å²) in [5, 5.41) is 5.83. The number of amides is 2. The van der Waals surface area contributed by atoms with Crippen LogP contribution in [0.25, 0.3) is 0 Å². The Kier molecular flexibility index (Phi) is 6.21. The zero-order valence-electron chi connectivity index (χ0n) is 15.7. The van der Waals surface area contributed by atoms with Crippen LogP contribution in [-0.4, -0.2) is 31.4 Å². The van der Waals surface area contributed by atoms with Gasteiger partial charge < -0.3 is 10.6 Å². The van der Waals surface area contributed by atoms with E-state index in [1.807, 2.05) is 55.5 Å². The Morgan fingerprint density at radius 1 is 1.11 bits per heavy atom. The largest absolute Gasteiger partial charge is 0.354 e. The molecule has 1 atom stereocenters. The van der Waals surface area contributed by atoms with Crippen molar-refractivity contribution in [2.75, 3.05) is 19.6 Å². The maximum Gasteiger partial charge on any atom is 0.251 e. The van der Waals surface area contributed by atoms with Gasteiger partial charge in [-0.3, -0.25) is 20.4 Å². The summed E-state index contributed by atoms with van der Waals surface area (Å²) in [6.45, 7) is 5.63. The molecule has 0 radical (unpaired) electrons.